The summed E-state index contributed by atoms with van der Waals surface area (Å²) in [6.45, 7) is 0.705. The Bertz CT molecular complexity index is 935. The van der Waals surface area contributed by atoms with Crippen LogP contribution < -0.4 is 4.74 Å². The number of benzene rings is 2. The molecule has 0 unspecified atom stereocenters. The number of carbonyl (C=O) groups excluding carboxylic acids is 1. The van der Waals surface area contributed by atoms with Gasteiger partial charge < -0.3 is 14.2 Å². The normalized spacial score (nSPS) is 16.5. The maximum Gasteiger partial charge on any atom is 0.276 e. The van der Waals surface area contributed by atoms with E-state index in [4.69, 9.17) is 20.9 Å². The summed E-state index contributed by atoms with van der Waals surface area (Å²) in [6, 6.07) is 16.8. The monoisotopic (exact) mass is 382 g/mol. The fourth-order valence-corrected chi connectivity index (χ4v) is 3.58. The Kier molecular flexibility index (Phi) is 4.86. The molecule has 1 aromatic heterocycles. The van der Waals surface area contributed by atoms with E-state index in [0.717, 1.165) is 29.7 Å². The van der Waals surface area contributed by atoms with Gasteiger partial charge in [0.2, 0.25) is 0 Å². The SMILES string of the molecule is COc1ccc(-c2cc(C(=O)N3CCC[C@H]3c3ccc(Cl)cc3)no2)cc1. The minimum Gasteiger partial charge on any atom is -0.497 e. The topological polar surface area (TPSA) is 55.6 Å². The van der Waals surface area contributed by atoms with E-state index in [1.165, 1.54) is 0 Å². The Morgan fingerprint density at radius 1 is 1.19 bits per heavy atom. The third-order valence-corrected chi connectivity index (χ3v) is 5.12. The Morgan fingerprint density at radius 3 is 2.63 bits per heavy atom. The number of hydrogen-bond acceptors (Lipinski definition) is 4. The first-order valence-corrected chi connectivity index (χ1v) is 9.21. The van der Waals surface area contributed by atoms with Crippen molar-refractivity contribution in [1.29, 1.82) is 0 Å². The molecule has 0 spiro atoms. The van der Waals surface area contributed by atoms with Gasteiger partial charge in [-0.05, 0) is 54.8 Å². The van der Waals surface area contributed by atoms with Crippen LogP contribution >= 0.6 is 11.6 Å². The molecular weight excluding hydrogens is 364 g/mol. The smallest absolute Gasteiger partial charge is 0.276 e. The highest BCUT2D eigenvalue weighted by Crippen LogP contribution is 2.34. The second kappa shape index (κ2) is 7.45. The Labute approximate surface area is 162 Å². The van der Waals surface area contributed by atoms with E-state index in [2.05, 4.69) is 5.16 Å². The van der Waals surface area contributed by atoms with E-state index in [9.17, 15) is 4.79 Å². The average molecular weight is 383 g/mol. The van der Waals surface area contributed by atoms with Crippen molar-refractivity contribution in [1.82, 2.24) is 10.1 Å². The van der Waals surface area contributed by atoms with E-state index in [-0.39, 0.29) is 11.9 Å². The predicted molar refractivity (Wildman–Crippen MR) is 103 cm³/mol. The second-order valence-electron chi connectivity index (χ2n) is 6.51. The van der Waals surface area contributed by atoms with Gasteiger partial charge in [0.05, 0.1) is 13.2 Å². The Morgan fingerprint density at radius 2 is 1.93 bits per heavy atom. The molecule has 27 heavy (non-hydrogen) atoms. The average Bonchev–Trinajstić information content (AvgIpc) is 3.38. The number of hydrogen-bond donors (Lipinski definition) is 0. The minimum atomic E-state index is -0.115. The summed E-state index contributed by atoms with van der Waals surface area (Å²) in [5.74, 6) is 1.21. The summed E-state index contributed by atoms with van der Waals surface area (Å²) < 4.78 is 10.6. The van der Waals surface area contributed by atoms with Crippen LogP contribution in [0.3, 0.4) is 0 Å². The molecule has 138 valence electrons. The summed E-state index contributed by atoms with van der Waals surface area (Å²) in [6.07, 6.45) is 1.89. The highest BCUT2D eigenvalue weighted by molar-refractivity contribution is 6.30. The lowest BCUT2D eigenvalue weighted by molar-refractivity contribution is 0.0725. The first kappa shape index (κ1) is 17.6. The predicted octanol–water partition coefficient (Wildman–Crippen LogP) is 4.98. The molecule has 2 heterocycles. The molecule has 0 N–H and O–H groups in total. The molecule has 4 rings (SSSR count). The van der Waals surface area contributed by atoms with Crippen molar-refractivity contribution in [2.24, 2.45) is 0 Å². The van der Waals surface area contributed by atoms with E-state index < -0.39 is 0 Å². The van der Waals surface area contributed by atoms with Crippen LogP contribution in [-0.2, 0) is 0 Å². The standard InChI is InChI=1S/C21H19ClN2O3/c1-26-17-10-6-15(7-11-17)20-13-18(23-27-20)21(25)24-12-2-3-19(24)14-4-8-16(22)9-5-14/h4-11,13,19H,2-3,12H2,1H3/t19-/m0/s1. The molecule has 1 fully saturated rings. The maximum atomic E-state index is 13.0. The van der Waals surface area contributed by atoms with Gasteiger partial charge in [-0.25, -0.2) is 0 Å². The summed E-state index contributed by atoms with van der Waals surface area (Å²) in [5.41, 5.74) is 2.25. The van der Waals surface area contributed by atoms with Gasteiger partial charge in [0.15, 0.2) is 11.5 Å². The number of methoxy groups -OCH3 is 1. The molecule has 1 aliphatic rings. The lowest BCUT2D eigenvalue weighted by atomic mass is 10.0. The molecule has 1 saturated heterocycles. The highest BCUT2D eigenvalue weighted by atomic mass is 35.5. The molecule has 6 heteroatoms. The van der Waals surface area contributed by atoms with Gasteiger partial charge in [-0.15, -0.1) is 0 Å². The molecule has 2 aromatic carbocycles. The molecule has 3 aromatic rings. The van der Waals surface area contributed by atoms with Gasteiger partial charge in [-0.1, -0.05) is 28.9 Å². The summed E-state index contributed by atoms with van der Waals surface area (Å²) in [4.78, 5) is 14.9. The van der Waals surface area contributed by atoms with Crippen molar-refractivity contribution < 1.29 is 14.1 Å². The molecule has 1 aliphatic heterocycles. The zero-order chi connectivity index (χ0) is 18.8. The van der Waals surface area contributed by atoms with E-state index in [0.29, 0.717) is 23.0 Å². The van der Waals surface area contributed by atoms with Crippen molar-refractivity contribution in [3.8, 4) is 17.1 Å². The number of nitrogens with zero attached hydrogens (tertiary/aromatic N) is 2. The molecule has 0 saturated carbocycles. The van der Waals surface area contributed by atoms with Crippen LogP contribution in [0.1, 0.15) is 34.9 Å². The molecule has 0 bridgehead atoms. The van der Waals surface area contributed by atoms with Gasteiger partial charge in [0.25, 0.3) is 5.91 Å². The van der Waals surface area contributed by atoms with Gasteiger partial charge in [-0.2, -0.15) is 0 Å². The molecular formula is C21H19ClN2O3. The third-order valence-electron chi connectivity index (χ3n) is 4.87. The number of ether oxygens (including phenoxy) is 1. The van der Waals surface area contributed by atoms with Crippen molar-refractivity contribution in [2.45, 2.75) is 18.9 Å². The summed E-state index contributed by atoms with van der Waals surface area (Å²) >= 11 is 5.98. The molecule has 0 radical (unpaired) electrons. The van der Waals surface area contributed by atoms with Crippen LogP contribution in [0, 0.1) is 0 Å². The first-order valence-electron chi connectivity index (χ1n) is 8.83. The molecule has 5 nitrogen and oxygen atoms in total. The quantitative estimate of drug-likeness (QED) is 0.638. The minimum absolute atomic E-state index is 0.0379. The van der Waals surface area contributed by atoms with Crippen molar-refractivity contribution in [3.05, 3.63) is 70.9 Å². The van der Waals surface area contributed by atoms with Crippen LogP contribution in [0.15, 0.2) is 59.1 Å². The van der Waals surface area contributed by atoms with Gasteiger partial charge in [0.1, 0.15) is 5.75 Å². The molecule has 0 aliphatic carbocycles. The highest BCUT2D eigenvalue weighted by Gasteiger charge is 2.32. The van der Waals surface area contributed by atoms with Gasteiger partial charge in [-0.3, -0.25) is 4.79 Å². The lowest BCUT2D eigenvalue weighted by Gasteiger charge is -2.24. The number of rotatable bonds is 4. The second-order valence-corrected chi connectivity index (χ2v) is 6.95. The first-order chi connectivity index (χ1) is 13.2. The van der Waals surface area contributed by atoms with Crippen LogP contribution in [0.5, 0.6) is 5.75 Å². The van der Waals surface area contributed by atoms with E-state index in [1.807, 2.05) is 53.4 Å². The summed E-state index contributed by atoms with van der Waals surface area (Å²) in [5, 5.41) is 4.69. The maximum absolute atomic E-state index is 13.0. The van der Waals surface area contributed by atoms with Crippen LogP contribution in [0.4, 0.5) is 0 Å². The van der Waals surface area contributed by atoms with Crippen molar-refractivity contribution >= 4 is 17.5 Å². The fourth-order valence-electron chi connectivity index (χ4n) is 3.46. The van der Waals surface area contributed by atoms with Gasteiger partial charge >= 0.3 is 0 Å². The van der Waals surface area contributed by atoms with Crippen molar-refractivity contribution in [2.75, 3.05) is 13.7 Å². The summed E-state index contributed by atoms with van der Waals surface area (Å²) in [7, 11) is 1.62. The number of likely N-dealkylation sites (tertiary alicyclic amines) is 1. The Balaban J connectivity index is 1.55. The van der Waals surface area contributed by atoms with Crippen LogP contribution in [0.25, 0.3) is 11.3 Å². The fraction of sp³-hybridized carbons (Fsp3) is 0.238. The van der Waals surface area contributed by atoms with E-state index in [1.54, 1.807) is 13.2 Å². The largest absolute Gasteiger partial charge is 0.497 e. The number of carbonyl (C=O) groups is 1. The Hall–Kier alpha value is -2.79. The number of halogens is 1. The zero-order valence-electron chi connectivity index (χ0n) is 14.9. The third kappa shape index (κ3) is 3.55. The molecule has 1 atom stereocenters. The molecule has 1 amide bonds. The van der Waals surface area contributed by atoms with Crippen molar-refractivity contribution in [3.63, 3.8) is 0 Å². The zero-order valence-corrected chi connectivity index (χ0v) is 15.6. The number of amides is 1. The van der Waals surface area contributed by atoms with Crippen LogP contribution in [0.2, 0.25) is 5.02 Å². The lowest BCUT2D eigenvalue weighted by Crippen LogP contribution is -2.30. The number of aromatic nitrogens is 1. The van der Waals surface area contributed by atoms with Crippen LogP contribution in [-0.4, -0.2) is 29.6 Å². The van der Waals surface area contributed by atoms with E-state index >= 15 is 0 Å². The van der Waals surface area contributed by atoms with Gasteiger partial charge in [0, 0.05) is 23.2 Å².